The molecular formula is C21H25N5O8. The second-order valence-electron chi connectivity index (χ2n) is 7.55. The van der Waals surface area contributed by atoms with E-state index in [1.807, 2.05) is 23.5 Å². The van der Waals surface area contributed by atoms with E-state index in [1.165, 1.54) is 6.92 Å². The lowest BCUT2D eigenvalue weighted by Gasteiger charge is -2.23. The predicted octanol–water partition coefficient (Wildman–Crippen LogP) is -1.38. The fourth-order valence-corrected chi connectivity index (χ4v) is 3.30. The minimum absolute atomic E-state index is 0.0388. The molecule has 34 heavy (non-hydrogen) atoms. The number of primary amides is 1. The summed E-state index contributed by atoms with van der Waals surface area (Å²) in [6, 6.07) is 2.74. The van der Waals surface area contributed by atoms with Gasteiger partial charge in [-0.3, -0.25) is 24.0 Å². The normalized spacial score (nSPS) is 13.3. The zero-order valence-electron chi connectivity index (χ0n) is 18.2. The number of nitrogens with one attached hydrogen (secondary N) is 4. The fraction of sp³-hybridized carbons (Fsp3) is 0.333. The predicted molar refractivity (Wildman–Crippen MR) is 117 cm³/mol. The summed E-state index contributed by atoms with van der Waals surface area (Å²) in [5.41, 5.74) is 6.66. The molecule has 0 aliphatic rings. The van der Waals surface area contributed by atoms with Crippen LogP contribution in [0.1, 0.15) is 25.3 Å². The summed E-state index contributed by atoms with van der Waals surface area (Å²) in [4.78, 5) is 73.8. The van der Waals surface area contributed by atoms with Gasteiger partial charge in [0, 0.05) is 30.4 Å². The first kappa shape index (κ1) is 25.8. The highest BCUT2D eigenvalue weighted by atomic mass is 16.4. The van der Waals surface area contributed by atoms with Gasteiger partial charge in [-0.1, -0.05) is 18.2 Å². The molecule has 0 saturated heterocycles. The van der Waals surface area contributed by atoms with E-state index in [1.54, 1.807) is 12.3 Å². The van der Waals surface area contributed by atoms with E-state index in [9.17, 15) is 28.8 Å². The third-order valence-corrected chi connectivity index (χ3v) is 4.82. The molecule has 182 valence electrons. The van der Waals surface area contributed by atoms with Crippen LogP contribution in [0.25, 0.3) is 10.9 Å². The number of benzene rings is 1. The highest BCUT2D eigenvalue weighted by Gasteiger charge is 2.31. The highest BCUT2D eigenvalue weighted by molar-refractivity contribution is 5.96. The van der Waals surface area contributed by atoms with Crippen molar-refractivity contribution in [3.05, 3.63) is 36.0 Å². The Kier molecular flexibility index (Phi) is 8.70. The van der Waals surface area contributed by atoms with E-state index in [2.05, 4.69) is 15.6 Å². The number of rotatable bonds is 12. The lowest BCUT2D eigenvalue weighted by atomic mass is 10.0. The van der Waals surface area contributed by atoms with Crippen LogP contribution in [-0.4, -0.2) is 68.9 Å². The Hall–Kier alpha value is -4.42. The standard InChI is InChI=1S/C21H25N5O8/c1-10(27)24-14(6-11-9-23-13-5-3-2-4-12(11)13)19(31)25-15(7-17(22)28)20(32)26-16(21(33)34)8-18(29)30/h2-5,9,14-16,23H,6-8H2,1H3,(H2,22,28)(H,24,27)(H,25,31)(H,26,32)(H,29,30)(H,33,34). The molecule has 8 N–H and O–H groups in total. The zero-order valence-corrected chi connectivity index (χ0v) is 18.2. The topological polar surface area (TPSA) is 221 Å². The van der Waals surface area contributed by atoms with Crippen LogP contribution in [0.2, 0.25) is 0 Å². The van der Waals surface area contributed by atoms with Crippen molar-refractivity contribution < 1.29 is 39.0 Å². The van der Waals surface area contributed by atoms with Crippen molar-refractivity contribution in [2.75, 3.05) is 0 Å². The minimum atomic E-state index is -1.80. The third kappa shape index (κ3) is 7.32. The first-order valence-corrected chi connectivity index (χ1v) is 10.1. The number of hydrogen-bond donors (Lipinski definition) is 7. The molecule has 0 aliphatic heterocycles. The van der Waals surface area contributed by atoms with E-state index in [0.717, 1.165) is 10.9 Å². The van der Waals surface area contributed by atoms with Gasteiger partial charge in [0.1, 0.15) is 18.1 Å². The van der Waals surface area contributed by atoms with Gasteiger partial charge >= 0.3 is 11.9 Å². The van der Waals surface area contributed by atoms with Crippen LogP contribution in [0.3, 0.4) is 0 Å². The number of aromatic nitrogens is 1. The third-order valence-electron chi connectivity index (χ3n) is 4.82. The summed E-state index contributed by atoms with van der Waals surface area (Å²) in [5.74, 6) is -6.54. The smallest absolute Gasteiger partial charge is 0.326 e. The molecule has 0 radical (unpaired) electrons. The molecule has 0 saturated carbocycles. The lowest BCUT2D eigenvalue weighted by molar-refractivity contribution is -0.147. The average molecular weight is 475 g/mol. The van der Waals surface area contributed by atoms with Crippen LogP contribution in [0.5, 0.6) is 0 Å². The molecule has 1 heterocycles. The number of H-pyrrole nitrogens is 1. The molecular weight excluding hydrogens is 450 g/mol. The Morgan fingerprint density at radius 2 is 1.53 bits per heavy atom. The number of aliphatic carboxylic acids is 2. The molecule has 0 bridgehead atoms. The largest absolute Gasteiger partial charge is 0.481 e. The van der Waals surface area contributed by atoms with Crippen LogP contribution in [0, 0.1) is 0 Å². The molecule has 2 aromatic rings. The Morgan fingerprint density at radius 3 is 2.12 bits per heavy atom. The van der Waals surface area contributed by atoms with E-state index < -0.39 is 66.5 Å². The number of carboxylic acid groups (broad SMARTS) is 2. The number of nitrogens with two attached hydrogens (primary N) is 1. The SMILES string of the molecule is CC(=O)NC(Cc1c[nH]c2ccccc12)C(=O)NC(CC(N)=O)C(=O)NC(CC(=O)O)C(=O)O. The van der Waals surface area contributed by atoms with Gasteiger partial charge in [0.15, 0.2) is 0 Å². The Balaban J connectivity index is 2.22. The van der Waals surface area contributed by atoms with Gasteiger partial charge in [0.25, 0.3) is 0 Å². The second-order valence-corrected chi connectivity index (χ2v) is 7.55. The number of aromatic amines is 1. The van der Waals surface area contributed by atoms with Crippen molar-refractivity contribution >= 4 is 46.5 Å². The van der Waals surface area contributed by atoms with Gasteiger partial charge < -0.3 is 36.9 Å². The molecule has 13 nitrogen and oxygen atoms in total. The Labute approximate surface area is 193 Å². The van der Waals surface area contributed by atoms with Crippen molar-refractivity contribution in [2.24, 2.45) is 5.73 Å². The van der Waals surface area contributed by atoms with Gasteiger partial charge in [-0.25, -0.2) is 4.79 Å². The Bertz CT molecular complexity index is 1110. The maximum absolute atomic E-state index is 13.0. The van der Waals surface area contributed by atoms with Crippen LogP contribution < -0.4 is 21.7 Å². The van der Waals surface area contributed by atoms with Crippen LogP contribution in [0.15, 0.2) is 30.5 Å². The highest BCUT2D eigenvalue weighted by Crippen LogP contribution is 2.19. The monoisotopic (exact) mass is 475 g/mol. The van der Waals surface area contributed by atoms with E-state index in [0.29, 0.717) is 5.56 Å². The molecule has 0 fully saturated rings. The molecule has 2 rings (SSSR count). The van der Waals surface area contributed by atoms with Crippen molar-refractivity contribution in [1.29, 1.82) is 0 Å². The maximum Gasteiger partial charge on any atom is 0.326 e. The van der Waals surface area contributed by atoms with E-state index >= 15 is 0 Å². The molecule has 4 amide bonds. The molecule has 3 atom stereocenters. The molecule has 0 spiro atoms. The number of hydrogen-bond acceptors (Lipinski definition) is 6. The first-order valence-electron chi connectivity index (χ1n) is 10.1. The average Bonchev–Trinajstić information content (AvgIpc) is 3.14. The van der Waals surface area contributed by atoms with Crippen molar-refractivity contribution in [3.63, 3.8) is 0 Å². The molecule has 3 unspecified atom stereocenters. The number of fused-ring (bicyclic) bond motifs is 1. The zero-order chi connectivity index (χ0) is 25.4. The lowest BCUT2D eigenvalue weighted by Crippen LogP contribution is -2.57. The minimum Gasteiger partial charge on any atom is -0.481 e. The van der Waals surface area contributed by atoms with Crippen molar-refractivity contribution in [2.45, 2.75) is 44.3 Å². The first-order chi connectivity index (χ1) is 16.0. The molecule has 1 aromatic carbocycles. The van der Waals surface area contributed by atoms with E-state index in [-0.39, 0.29) is 6.42 Å². The second kappa shape index (κ2) is 11.4. The molecule has 1 aromatic heterocycles. The summed E-state index contributed by atoms with van der Waals surface area (Å²) >= 11 is 0. The molecule has 13 heteroatoms. The van der Waals surface area contributed by atoms with Gasteiger partial charge in [-0.15, -0.1) is 0 Å². The number of carbonyl (C=O) groups excluding carboxylic acids is 4. The maximum atomic E-state index is 13.0. The van der Waals surface area contributed by atoms with E-state index in [4.69, 9.17) is 15.9 Å². The molecule has 0 aliphatic carbocycles. The summed E-state index contributed by atoms with van der Waals surface area (Å²) in [6.45, 7) is 1.20. The van der Waals surface area contributed by atoms with Crippen molar-refractivity contribution in [3.8, 4) is 0 Å². The summed E-state index contributed by atoms with van der Waals surface area (Å²) in [7, 11) is 0. The number of amides is 4. The van der Waals surface area contributed by atoms with Gasteiger partial charge in [-0.05, 0) is 11.6 Å². The quantitative estimate of drug-likeness (QED) is 0.193. The number of para-hydroxylation sites is 1. The number of carbonyl (C=O) groups is 6. The van der Waals surface area contributed by atoms with Crippen molar-refractivity contribution in [1.82, 2.24) is 20.9 Å². The van der Waals surface area contributed by atoms with Gasteiger partial charge in [0.05, 0.1) is 12.8 Å². The summed E-state index contributed by atoms with van der Waals surface area (Å²) in [6.07, 6.45) is 0.102. The summed E-state index contributed by atoms with van der Waals surface area (Å²) in [5, 5.41) is 25.5. The van der Waals surface area contributed by atoms with Gasteiger partial charge in [0.2, 0.25) is 23.6 Å². The van der Waals surface area contributed by atoms with Gasteiger partial charge in [-0.2, -0.15) is 0 Å². The number of carboxylic acids is 2. The van der Waals surface area contributed by atoms with Crippen LogP contribution >= 0.6 is 0 Å². The fourth-order valence-electron chi connectivity index (χ4n) is 3.30. The Morgan fingerprint density at radius 1 is 0.912 bits per heavy atom. The van der Waals surface area contributed by atoms with Crippen LogP contribution in [-0.2, 0) is 35.2 Å². The van der Waals surface area contributed by atoms with Crippen LogP contribution in [0.4, 0.5) is 0 Å². The summed E-state index contributed by atoms with van der Waals surface area (Å²) < 4.78 is 0.